The van der Waals surface area contributed by atoms with Gasteiger partial charge in [0.1, 0.15) is 34.7 Å². The van der Waals surface area contributed by atoms with E-state index in [2.05, 4.69) is 6.08 Å². The van der Waals surface area contributed by atoms with E-state index in [9.17, 15) is 20.1 Å². The van der Waals surface area contributed by atoms with Gasteiger partial charge in [-0.1, -0.05) is 23.8 Å². The van der Waals surface area contributed by atoms with Crippen LogP contribution in [0.3, 0.4) is 0 Å². The second-order valence-electron chi connectivity index (χ2n) is 8.85. The zero-order chi connectivity index (χ0) is 23.6. The van der Waals surface area contributed by atoms with E-state index < -0.39 is 11.7 Å². The van der Waals surface area contributed by atoms with Gasteiger partial charge in [0.15, 0.2) is 5.78 Å². The number of phenols is 2. The maximum Gasteiger partial charge on any atom is 0.174 e. The number of aliphatic hydroxyl groups is 1. The second kappa shape index (κ2) is 9.09. The second-order valence-corrected chi connectivity index (χ2v) is 8.85. The Balaban J connectivity index is 2.11. The molecule has 1 aliphatic rings. The monoisotopic (exact) mass is 438 g/mol. The molecule has 0 bridgehead atoms. The average molecular weight is 439 g/mol. The topological polar surface area (TPSA) is 96.2 Å². The van der Waals surface area contributed by atoms with E-state index in [4.69, 9.17) is 9.47 Å². The number of carbonyl (C=O) groups is 1. The molecule has 2 aromatic rings. The molecule has 1 heterocycles. The first kappa shape index (κ1) is 23.4. The number of ketones is 1. The summed E-state index contributed by atoms with van der Waals surface area (Å²) in [6.45, 7) is 7.40. The largest absolute Gasteiger partial charge is 0.508 e. The van der Waals surface area contributed by atoms with Crippen LogP contribution in [0.1, 0.15) is 67.3 Å². The summed E-state index contributed by atoms with van der Waals surface area (Å²) in [5.41, 5.74) is 2.67. The third kappa shape index (κ3) is 5.32. The van der Waals surface area contributed by atoms with E-state index >= 15 is 0 Å². The van der Waals surface area contributed by atoms with Crippen LogP contribution in [0.2, 0.25) is 0 Å². The van der Waals surface area contributed by atoms with Gasteiger partial charge in [-0.3, -0.25) is 4.79 Å². The fourth-order valence-corrected chi connectivity index (χ4v) is 3.67. The third-order valence-corrected chi connectivity index (χ3v) is 5.18. The lowest BCUT2D eigenvalue weighted by atomic mass is 9.91. The van der Waals surface area contributed by atoms with E-state index in [1.807, 2.05) is 26.0 Å². The van der Waals surface area contributed by atoms with Crippen LogP contribution in [0.15, 0.2) is 42.0 Å². The molecule has 2 aromatic carbocycles. The Morgan fingerprint density at radius 1 is 1.22 bits per heavy atom. The van der Waals surface area contributed by atoms with Crippen molar-refractivity contribution in [3.63, 3.8) is 0 Å². The van der Waals surface area contributed by atoms with Crippen molar-refractivity contribution in [2.75, 3.05) is 7.11 Å². The van der Waals surface area contributed by atoms with Crippen molar-refractivity contribution in [2.24, 2.45) is 0 Å². The number of fused-ring (bicyclic) bond motifs is 1. The standard InChI is InChI=1S/C26H30O6/c1-15(2)6-7-16-10-18(11-17(25(16)31-5)8-9-26(3,4)30)22-14-21(29)24-20(28)12-19(27)13-23(24)32-22/h6,8-13,22,27-28,30H,7,14H2,1-5H3/b9-8-/t22-/m0/s1. The molecule has 0 radical (unpaired) electrons. The van der Waals surface area contributed by atoms with E-state index in [0.717, 1.165) is 28.3 Å². The van der Waals surface area contributed by atoms with Gasteiger partial charge in [0.2, 0.25) is 0 Å². The van der Waals surface area contributed by atoms with Crippen LogP contribution in [0, 0.1) is 0 Å². The first-order valence-electron chi connectivity index (χ1n) is 10.5. The van der Waals surface area contributed by atoms with Crippen LogP contribution in [-0.4, -0.2) is 33.8 Å². The molecule has 0 aromatic heterocycles. The number of rotatable bonds is 6. The van der Waals surface area contributed by atoms with Crippen LogP contribution in [0.4, 0.5) is 0 Å². The number of methoxy groups -OCH3 is 1. The fraction of sp³-hybridized carbons (Fsp3) is 0.346. The molecule has 170 valence electrons. The number of carbonyl (C=O) groups excluding carboxylic acids is 1. The highest BCUT2D eigenvalue weighted by Crippen LogP contribution is 2.43. The first-order valence-corrected chi connectivity index (χ1v) is 10.5. The number of allylic oxidation sites excluding steroid dienone is 2. The Hall–Kier alpha value is -3.25. The van der Waals surface area contributed by atoms with Crippen LogP contribution < -0.4 is 9.47 Å². The molecule has 0 aliphatic carbocycles. The van der Waals surface area contributed by atoms with Crippen molar-refractivity contribution in [3.8, 4) is 23.0 Å². The van der Waals surface area contributed by atoms with Crippen molar-refractivity contribution in [2.45, 2.75) is 52.2 Å². The number of hydrogen-bond donors (Lipinski definition) is 3. The summed E-state index contributed by atoms with van der Waals surface area (Å²) in [6.07, 6.45) is 5.64. The van der Waals surface area contributed by atoms with E-state index in [0.29, 0.717) is 12.2 Å². The number of aromatic hydroxyl groups is 2. The molecular weight excluding hydrogens is 408 g/mol. The lowest BCUT2D eigenvalue weighted by Crippen LogP contribution is -2.21. The Kier molecular flexibility index (Phi) is 6.65. The minimum atomic E-state index is -1.01. The predicted molar refractivity (Wildman–Crippen MR) is 124 cm³/mol. The van der Waals surface area contributed by atoms with Gasteiger partial charge in [0.25, 0.3) is 0 Å². The first-order chi connectivity index (χ1) is 15.0. The molecule has 0 amide bonds. The molecule has 0 spiro atoms. The van der Waals surface area contributed by atoms with E-state index in [1.54, 1.807) is 33.1 Å². The smallest absolute Gasteiger partial charge is 0.174 e. The van der Waals surface area contributed by atoms with Gasteiger partial charge in [0, 0.05) is 17.7 Å². The number of phenolic OH excluding ortho intramolecular Hbond substituents is 2. The Morgan fingerprint density at radius 2 is 1.94 bits per heavy atom. The normalized spacial score (nSPS) is 15.9. The van der Waals surface area contributed by atoms with E-state index in [-0.39, 0.29) is 35.0 Å². The Bertz CT molecular complexity index is 1080. The van der Waals surface area contributed by atoms with Crippen molar-refractivity contribution in [1.29, 1.82) is 0 Å². The van der Waals surface area contributed by atoms with Gasteiger partial charge < -0.3 is 24.8 Å². The molecule has 6 heteroatoms. The van der Waals surface area contributed by atoms with Gasteiger partial charge in [0.05, 0.1) is 19.1 Å². The molecule has 0 fully saturated rings. The number of hydrogen-bond acceptors (Lipinski definition) is 6. The zero-order valence-electron chi connectivity index (χ0n) is 19.1. The molecule has 1 atom stereocenters. The molecule has 32 heavy (non-hydrogen) atoms. The van der Waals surface area contributed by atoms with Gasteiger partial charge in [-0.2, -0.15) is 0 Å². The third-order valence-electron chi connectivity index (χ3n) is 5.18. The number of ether oxygens (including phenoxy) is 2. The molecule has 6 nitrogen and oxygen atoms in total. The van der Waals surface area contributed by atoms with Crippen molar-refractivity contribution in [1.82, 2.24) is 0 Å². The van der Waals surface area contributed by atoms with Crippen molar-refractivity contribution >= 4 is 11.9 Å². The van der Waals surface area contributed by atoms with Crippen LogP contribution in [0.5, 0.6) is 23.0 Å². The predicted octanol–water partition coefficient (Wildman–Crippen LogP) is 5.11. The SMILES string of the molecule is COc1c(/C=C\C(C)(C)O)cc([C@@H]2CC(=O)c3c(O)cc(O)cc3O2)cc1CC=C(C)C. The molecule has 3 N–H and O–H groups in total. The Morgan fingerprint density at radius 3 is 2.56 bits per heavy atom. The molecule has 0 saturated carbocycles. The lowest BCUT2D eigenvalue weighted by Gasteiger charge is -2.27. The number of Topliss-reactive ketones (excluding diaryl/α,β-unsaturated/α-hetero) is 1. The maximum absolute atomic E-state index is 12.8. The minimum absolute atomic E-state index is 0.0500. The van der Waals surface area contributed by atoms with E-state index in [1.165, 1.54) is 6.07 Å². The summed E-state index contributed by atoms with van der Waals surface area (Å²) in [4.78, 5) is 12.8. The molecule has 1 aliphatic heterocycles. The molecule has 0 unspecified atom stereocenters. The molecule has 0 saturated heterocycles. The summed E-state index contributed by atoms with van der Waals surface area (Å²) in [6, 6.07) is 6.29. The zero-order valence-corrected chi connectivity index (χ0v) is 19.1. The average Bonchev–Trinajstić information content (AvgIpc) is 2.68. The van der Waals surface area contributed by atoms with Gasteiger partial charge in [-0.15, -0.1) is 0 Å². The summed E-state index contributed by atoms with van der Waals surface area (Å²) in [5, 5.41) is 30.1. The van der Waals surface area contributed by atoms with Crippen LogP contribution in [-0.2, 0) is 6.42 Å². The minimum Gasteiger partial charge on any atom is -0.508 e. The van der Waals surface area contributed by atoms with Crippen LogP contribution >= 0.6 is 0 Å². The quantitative estimate of drug-likeness (QED) is 0.543. The summed E-state index contributed by atoms with van der Waals surface area (Å²) in [7, 11) is 1.60. The highest BCUT2D eigenvalue weighted by Gasteiger charge is 2.31. The van der Waals surface area contributed by atoms with Gasteiger partial charge >= 0.3 is 0 Å². The van der Waals surface area contributed by atoms with Crippen molar-refractivity contribution < 1.29 is 29.6 Å². The van der Waals surface area contributed by atoms with Gasteiger partial charge in [-0.05, 0) is 57.4 Å². The van der Waals surface area contributed by atoms with Crippen LogP contribution in [0.25, 0.3) is 6.08 Å². The fourth-order valence-electron chi connectivity index (χ4n) is 3.67. The maximum atomic E-state index is 12.8. The van der Waals surface area contributed by atoms with Gasteiger partial charge in [-0.25, -0.2) is 0 Å². The summed E-state index contributed by atoms with van der Waals surface area (Å²) >= 11 is 0. The Labute approximate surface area is 188 Å². The lowest BCUT2D eigenvalue weighted by molar-refractivity contribution is 0.0844. The van der Waals surface area contributed by atoms with Crippen molar-refractivity contribution in [3.05, 3.63) is 64.2 Å². The highest BCUT2D eigenvalue weighted by molar-refractivity contribution is 6.02. The molecule has 3 rings (SSSR count). The highest BCUT2D eigenvalue weighted by atomic mass is 16.5. The summed E-state index contributed by atoms with van der Waals surface area (Å²) < 4.78 is 11.7. The molecular formula is C26H30O6. The summed E-state index contributed by atoms with van der Waals surface area (Å²) in [5.74, 6) is 0.103. The number of benzene rings is 2.